The van der Waals surface area contributed by atoms with Gasteiger partial charge in [-0.15, -0.1) is 0 Å². The second-order valence-electron chi connectivity index (χ2n) is 5.79. The van der Waals surface area contributed by atoms with Crippen LogP contribution >= 0.6 is 0 Å². The van der Waals surface area contributed by atoms with E-state index in [1.165, 1.54) is 24.2 Å². The molecule has 110 valence electrons. The minimum Gasteiger partial charge on any atom is -0.347 e. The van der Waals surface area contributed by atoms with Crippen molar-refractivity contribution in [2.24, 2.45) is 0 Å². The zero-order valence-corrected chi connectivity index (χ0v) is 12.6. The van der Waals surface area contributed by atoms with Gasteiger partial charge in [-0.1, -0.05) is 19.3 Å². The van der Waals surface area contributed by atoms with Crippen LogP contribution in [0.4, 0.5) is 0 Å². The van der Waals surface area contributed by atoms with Crippen LogP contribution in [0.5, 0.6) is 0 Å². The predicted molar refractivity (Wildman–Crippen MR) is 75.8 cm³/mol. The van der Waals surface area contributed by atoms with Gasteiger partial charge < -0.3 is 15.5 Å². The molecule has 1 unspecified atom stereocenters. The van der Waals surface area contributed by atoms with E-state index in [2.05, 4.69) is 10.6 Å². The molecule has 2 amide bonds. The molecule has 0 radical (unpaired) electrons. The summed E-state index contributed by atoms with van der Waals surface area (Å²) in [5.41, 5.74) is -0.0801. The topological polar surface area (TPSA) is 61.4 Å². The Bertz CT molecular complexity index is 323. The van der Waals surface area contributed by atoms with E-state index in [1.807, 2.05) is 7.05 Å². The number of nitrogens with one attached hydrogen (secondary N) is 2. The first-order valence-corrected chi connectivity index (χ1v) is 7.10. The maximum absolute atomic E-state index is 12.1. The molecule has 0 saturated heterocycles. The molecule has 5 nitrogen and oxygen atoms in total. The second kappa shape index (κ2) is 6.89. The smallest absolute Gasteiger partial charge is 0.244 e. The van der Waals surface area contributed by atoms with Crippen molar-refractivity contribution >= 4 is 11.8 Å². The van der Waals surface area contributed by atoms with Crippen LogP contribution < -0.4 is 10.6 Å². The van der Waals surface area contributed by atoms with E-state index < -0.39 is 6.04 Å². The van der Waals surface area contributed by atoms with Crippen molar-refractivity contribution < 1.29 is 9.59 Å². The fourth-order valence-electron chi connectivity index (χ4n) is 2.79. The molecule has 0 spiro atoms. The number of likely N-dealkylation sites (N-methyl/N-ethyl adjacent to an activating group) is 1. The maximum atomic E-state index is 12.1. The summed E-state index contributed by atoms with van der Waals surface area (Å²) in [6.45, 7) is 1.73. The van der Waals surface area contributed by atoms with Crippen LogP contribution in [-0.4, -0.2) is 49.4 Å². The van der Waals surface area contributed by atoms with Gasteiger partial charge in [-0.25, -0.2) is 0 Å². The van der Waals surface area contributed by atoms with Gasteiger partial charge in [0.2, 0.25) is 11.8 Å². The van der Waals surface area contributed by atoms with E-state index in [0.29, 0.717) is 6.42 Å². The summed E-state index contributed by atoms with van der Waals surface area (Å²) in [4.78, 5) is 25.3. The van der Waals surface area contributed by atoms with Crippen LogP contribution in [0.15, 0.2) is 0 Å². The van der Waals surface area contributed by atoms with E-state index in [4.69, 9.17) is 0 Å². The Morgan fingerprint density at radius 3 is 2.26 bits per heavy atom. The molecule has 1 aliphatic rings. The molecule has 1 fully saturated rings. The molecule has 0 aromatic carbocycles. The fourth-order valence-corrected chi connectivity index (χ4v) is 2.79. The third-order valence-corrected chi connectivity index (χ3v) is 4.03. The highest BCUT2D eigenvalue weighted by molar-refractivity contribution is 5.87. The van der Waals surface area contributed by atoms with Gasteiger partial charge in [0.05, 0.1) is 0 Å². The van der Waals surface area contributed by atoms with Crippen molar-refractivity contribution in [1.29, 1.82) is 0 Å². The Balaban J connectivity index is 2.51. The molecule has 0 heterocycles. The molecule has 19 heavy (non-hydrogen) atoms. The summed E-state index contributed by atoms with van der Waals surface area (Å²) in [5, 5.41) is 6.11. The normalized spacial score (nSPS) is 19.6. The van der Waals surface area contributed by atoms with Crippen molar-refractivity contribution in [2.45, 2.75) is 57.0 Å². The second-order valence-corrected chi connectivity index (χ2v) is 5.79. The average molecular weight is 269 g/mol. The van der Waals surface area contributed by atoms with Crippen LogP contribution in [0, 0.1) is 0 Å². The van der Waals surface area contributed by atoms with Gasteiger partial charge >= 0.3 is 0 Å². The predicted octanol–water partition coefficient (Wildman–Crippen LogP) is 0.892. The van der Waals surface area contributed by atoms with E-state index in [9.17, 15) is 9.59 Å². The number of nitrogens with zero attached hydrogens (tertiary/aromatic N) is 1. The average Bonchev–Trinajstić information content (AvgIpc) is 2.38. The van der Waals surface area contributed by atoms with E-state index in [-0.39, 0.29) is 17.4 Å². The molecular weight excluding hydrogens is 242 g/mol. The zero-order chi connectivity index (χ0) is 14.5. The summed E-state index contributed by atoms with van der Waals surface area (Å²) in [5.74, 6) is -0.116. The Morgan fingerprint density at radius 2 is 1.79 bits per heavy atom. The van der Waals surface area contributed by atoms with Gasteiger partial charge in [-0.2, -0.15) is 0 Å². The number of hydrogen-bond acceptors (Lipinski definition) is 3. The summed E-state index contributed by atoms with van der Waals surface area (Å²) in [6.07, 6.45) is 6.11. The standard InChI is InChI=1S/C14H27N3O2/c1-11(13(19)17(3)4)16-12(18)10-14(15-2)8-6-5-7-9-14/h11,15H,5-10H2,1-4H3,(H,16,18). The van der Waals surface area contributed by atoms with Crippen LogP contribution in [0.25, 0.3) is 0 Å². The summed E-state index contributed by atoms with van der Waals surface area (Å²) in [6, 6.07) is -0.458. The minimum atomic E-state index is -0.458. The Hall–Kier alpha value is -1.10. The first-order chi connectivity index (χ1) is 8.90. The minimum absolute atomic E-state index is 0.0426. The lowest BCUT2D eigenvalue weighted by molar-refractivity contribution is -0.134. The largest absolute Gasteiger partial charge is 0.347 e. The Morgan fingerprint density at radius 1 is 1.21 bits per heavy atom. The molecule has 0 bridgehead atoms. The maximum Gasteiger partial charge on any atom is 0.244 e. The third-order valence-electron chi connectivity index (χ3n) is 4.03. The molecule has 0 aliphatic heterocycles. The van der Waals surface area contributed by atoms with Crippen molar-refractivity contribution in [3.05, 3.63) is 0 Å². The summed E-state index contributed by atoms with van der Waals surface area (Å²) >= 11 is 0. The zero-order valence-electron chi connectivity index (χ0n) is 12.6. The lowest BCUT2D eigenvalue weighted by Gasteiger charge is -2.37. The molecule has 0 aromatic heterocycles. The van der Waals surface area contributed by atoms with Gasteiger partial charge in [0.15, 0.2) is 0 Å². The molecule has 0 aromatic rings. The monoisotopic (exact) mass is 269 g/mol. The van der Waals surface area contributed by atoms with Crippen LogP contribution in [0.3, 0.4) is 0 Å². The first kappa shape index (κ1) is 16.0. The molecule has 5 heteroatoms. The van der Waals surface area contributed by atoms with Gasteiger partial charge in [-0.05, 0) is 26.8 Å². The molecule has 2 N–H and O–H groups in total. The number of amides is 2. The van der Waals surface area contributed by atoms with E-state index >= 15 is 0 Å². The Labute approximate surface area is 116 Å². The third kappa shape index (κ3) is 4.49. The highest BCUT2D eigenvalue weighted by atomic mass is 16.2. The van der Waals surface area contributed by atoms with Gasteiger partial charge in [0.25, 0.3) is 0 Å². The number of carbonyl (C=O) groups is 2. The van der Waals surface area contributed by atoms with Crippen LogP contribution in [0.1, 0.15) is 45.4 Å². The highest BCUT2D eigenvalue weighted by Gasteiger charge is 2.33. The Kier molecular flexibility index (Phi) is 5.79. The van der Waals surface area contributed by atoms with E-state index in [0.717, 1.165) is 12.8 Å². The van der Waals surface area contributed by atoms with Gasteiger partial charge in [0, 0.05) is 26.1 Å². The lowest BCUT2D eigenvalue weighted by atomic mass is 9.79. The number of carbonyl (C=O) groups excluding carboxylic acids is 2. The SMILES string of the molecule is CNC1(CC(=O)NC(C)C(=O)N(C)C)CCCCC1. The molecule has 1 atom stereocenters. The molecule has 1 saturated carbocycles. The van der Waals surface area contributed by atoms with Crippen LogP contribution in [0.2, 0.25) is 0 Å². The number of rotatable bonds is 5. The van der Waals surface area contributed by atoms with E-state index in [1.54, 1.807) is 21.0 Å². The summed E-state index contributed by atoms with van der Waals surface area (Å²) in [7, 11) is 5.31. The van der Waals surface area contributed by atoms with Gasteiger partial charge in [0.1, 0.15) is 6.04 Å². The quantitative estimate of drug-likeness (QED) is 0.779. The first-order valence-electron chi connectivity index (χ1n) is 7.10. The van der Waals surface area contributed by atoms with Gasteiger partial charge in [-0.3, -0.25) is 9.59 Å². The highest BCUT2D eigenvalue weighted by Crippen LogP contribution is 2.30. The number of hydrogen-bond donors (Lipinski definition) is 2. The molecular formula is C14H27N3O2. The van der Waals surface area contributed by atoms with Crippen molar-refractivity contribution in [3.63, 3.8) is 0 Å². The van der Waals surface area contributed by atoms with Crippen molar-refractivity contribution in [1.82, 2.24) is 15.5 Å². The van der Waals surface area contributed by atoms with Crippen molar-refractivity contribution in [3.8, 4) is 0 Å². The van der Waals surface area contributed by atoms with Crippen molar-refractivity contribution in [2.75, 3.05) is 21.1 Å². The van der Waals surface area contributed by atoms with Crippen LogP contribution in [-0.2, 0) is 9.59 Å². The fraction of sp³-hybridized carbons (Fsp3) is 0.857. The molecule has 1 aliphatic carbocycles. The molecule has 1 rings (SSSR count). The summed E-state index contributed by atoms with van der Waals surface area (Å²) < 4.78 is 0. The lowest BCUT2D eigenvalue weighted by Crippen LogP contribution is -2.51.